The zero-order chi connectivity index (χ0) is 13.1. The van der Waals surface area contributed by atoms with Crippen LogP contribution < -0.4 is 4.72 Å². The third-order valence-electron chi connectivity index (χ3n) is 1.85. The molecule has 0 spiro atoms. The van der Waals surface area contributed by atoms with Crippen LogP contribution in [0.4, 0.5) is 5.69 Å². The van der Waals surface area contributed by atoms with Gasteiger partial charge in [0.2, 0.25) is 0 Å². The molecule has 0 saturated heterocycles. The first-order chi connectivity index (χ1) is 7.88. The summed E-state index contributed by atoms with van der Waals surface area (Å²) in [5.74, 6) is -0.219. The Labute approximate surface area is 97.9 Å². The normalized spacial score (nSPS) is 10.6. The number of hydrogen-bond donors (Lipinski definition) is 1. The maximum Gasteiger partial charge on any atom is 0.289 e. The van der Waals surface area contributed by atoms with Crippen molar-refractivity contribution in [2.24, 2.45) is 0 Å². The zero-order valence-corrected chi connectivity index (χ0v) is 9.73. The summed E-state index contributed by atoms with van der Waals surface area (Å²) in [6.45, 7) is 3.28. The summed E-state index contributed by atoms with van der Waals surface area (Å²) in [6.07, 6.45) is 0. The first kappa shape index (κ1) is 13.0. The summed E-state index contributed by atoms with van der Waals surface area (Å²) in [6, 6.07) is 4.99. The molecule has 0 aliphatic rings. The Morgan fingerprint density at radius 2 is 2.06 bits per heavy atom. The van der Waals surface area contributed by atoms with E-state index in [1.807, 2.05) is 4.72 Å². The summed E-state index contributed by atoms with van der Waals surface area (Å²) in [5, 5.41) is 10.7. The highest BCUT2D eigenvalue weighted by Crippen LogP contribution is 2.22. The fraction of sp³-hybridized carbons (Fsp3) is 0.111. The number of para-hydroxylation sites is 1. The van der Waals surface area contributed by atoms with E-state index in [-0.39, 0.29) is 5.88 Å². The predicted octanol–water partition coefficient (Wildman–Crippen LogP) is 0.991. The van der Waals surface area contributed by atoms with E-state index < -0.39 is 25.5 Å². The smallest absolute Gasteiger partial charge is 0.289 e. The van der Waals surface area contributed by atoms with E-state index in [4.69, 9.17) is 0 Å². The Bertz CT molecular complexity index is 552. The van der Waals surface area contributed by atoms with Crippen molar-refractivity contribution in [1.29, 1.82) is 0 Å². The van der Waals surface area contributed by atoms with E-state index in [2.05, 4.69) is 11.3 Å². The Kier molecular flexibility index (Phi) is 3.69. The van der Waals surface area contributed by atoms with Gasteiger partial charge < -0.3 is 4.74 Å². The summed E-state index contributed by atoms with van der Waals surface area (Å²) < 4.78 is 30.1. The van der Waals surface area contributed by atoms with Gasteiger partial charge in [-0.3, -0.25) is 10.1 Å². The molecule has 0 saturated carbocycles. The van der Waals surface area contributed by atoms with Crippen LogP contribution in [0.1, 0.15) is 0 Å². The summed E-state index contributed by atoms with van der Waals surface area (Å²) in [5.41, 5.74) is -0.510. The van der Waals surface area contributed by atoms with Gasteiger partial charge in [-0.05, 0) is 12.6 Å². The highest BCUT2D eigenvalue weighted by molar-refractivity contribution is 7.89. The third kappa shape index (κ3) is 2.94. The van der Waals surface area contributed by atoms with Gasteiger partial charge in [0.25, 0.3) is 15.7 Å². The Morgan fingerprint density at radius 1 is 1.47 bits per heavy atom. The molecule has 0 unspecified atom stereocenters. The van der Waals surface area contributed by atoms with Crippen LogP contribution in [0.2, 0.25) is 0 Å². The van der Waals surface area contributed by atoms with Crippen LogP contribution >= 0.6 is 0 Å². The first-order valence-electron chi connectivity index (χ1n) is 4.37. The average molecular weight is 258 g/mol. The lowest BCUT2D eigenvalue weighted by Gasteiger charge is -2.08. The van der Waals surface area contributed by atoms with Gasteiger partial charge in [0.15, 0.2) is 10.8 Å². The zero-order valence-electron chi connectivity index (χ0n) is 8.91. The molecule has 0 amide bonds. The summed E-state index contributed by atoms with van der Waals surface area (Å²) in [4.78, 5) is 9.47. The molecular formula is C9H10N2O5S. The number of nitro groups is 1. The van der Waals surface area contributed by atoms with Crippen molar-refractivity contribution in [2.45, 2.75) is 4.90 Å². The van der Waals surface area contributed by atoms with Crippen LogP contribution in [0.25, 0.3) is 0 Å². The third-order valence-corrected chi connectivity index (χ3v) is 3.27. The van der Waals surface area contributed by atoms with Gasteiger partial charge >= 0.3 is 0 Å². The van der Waals surface area contributed by atoms with Crippen LogP contribution in [0.5, 0.6) is 0 Å². The number of benzene rings is 1. The van der Waals surface area contributed by atoms with Crippen LogP contribution in [0, 0.1) is 10.1 Å². The molecule has 1 aromatic carbocycles. The Balaban J connectivity index is 3.24. The maximum absolute atomic E-state index is 11.8. The van der Waals surface area contributed by atoms with Gasteiger partial charge in [0.05, 0.1) is 12.0 Å². The van der Waals surface area contributed by atoms with Crippen LogP contribution in [0.15, 0.2) is 41.6 Å². The largest absolute Gasteiger partial charge is 0.482 e. The fourth-order valence-corrected chi connectivity index (χ4v) is 2.25. The maximum atomic E-state index is 11.8. The lowest BCUT2D eigenvalue weighted by atomic mass is 10.3. The molecule has 0 radical (unpaired) electrons. The number of methoxy groups -OCH3 is 1. The predicted molar refractivity (Wildman–Crippen MR) is 59.6 cm³/mol. The molecule has 0 aliphatic carbocycles. The molecular weight excluding hydrogens is 248 g/mol. The molecule has 0 aromatic heterocycles. The molecule has 1 rings (SSSR count). The monoisotopic (exact) mass is 258 g/mol. The van der Waals surface area contributed by atoms with Crippen molar-refractivity contribution in [3.63, 3.8) is 0 Å². The summed E-state index contributed by atoms with van der Waals surface area (Å²) >= 11 is 0. The van der Waals surface area contributed by atoms with Crippen LogP contribution in [0.3, 0.4) is 0 Å². The number of nitrogens with one attached hydrogen (secondary N) is 1. The second-order valence-electron chi connectivity index (χ2n) is 2.96. The lowest BCUT2D eigenvalue weighted by Crippen LogP contribution is -2.24. The van der Waals surface area contributed by atoms with Gasteiger partial charge in [-0.15, -0.1) is 0 Å². The van der Waals surface area contributed by atoms with E-state index in [1.54, 1.807) is 0 Å². The Morgan fingerprint density at radius 3 is 2.59 bits per heavy atom. The van der Waals surface area contributed by atoms with Gasteiger partial charge in [-0.1, -0.05) is 12.1 Å². The molecule has 17 heavy (non-hydrogen) atoms. The minimum atomic E-state index is -4.06. The van der Waals surface area contributed by atoms with Crippen molar-refractivity contribution < 1.29 is 18.1 Å². The lowest BCUT2D eigenvalue weighted by molar-refractivity contribution is -0.387. The van der Waals surface area contributed by atoms with Crippen LogP contribution in [-0.2, 0) is 14.8 Å². The van der Waals surface area contributed by atoms with Gasteiger partial charge in [0.1, 0.15) is 0 Å². The molecule has 8 heteroatoms. The van der Waals surface area contributed by atoms with Crippen molar-refractivity contribution in [2.75, 3.05) is 7.11 Å². The molecule has 7 nitrogen and oxygen atoms in total. The van der Waals surface area contributed by atoms with Crippen molar-refractivity contribution in [1.82, 2.24) is 4.72 Å². The molecule has 92 valence electrons. The minimum Gasteiger partial charge on any atom is -0.482 e. The quantitative estimate of drug-likeness (QED) is 0.482. The van der Waals surface area contributed by atoms with Gasteiger partial charge in [-0.25, -0.2) is 13.1 Å². The SMILES string of the molecule is C=C(NS(=O)(=O)c1ccccc1[N+](=O)[O-])OC. The van der Waals surface area contributed by atoms with E-state index in [1.165, 1.54) is 19.2 Å². The first-order valence-corrected chi connectivity index (χ1v) is 5.86. The molecule has 0 aliphatic heterocycles. The van der Waals surface area contributed by atoms with E-state index in [0.29, 0.717) is 0 Å². The summed E-state index contributed by atoms with van der Waals surface area (Å²) in [7, 11) is -2.84. The van der Waals surface area contributed by atoms with E-state index in [9.17, 15) is 18.5 Å². The van der Waals surface area contributed by atoms with Gasteiger partial charge in [-0.2, -0.15) is 0 Å². The van der Waals surface area contributed by atoms with Crippen molar-refractivity contribution in [3.8, 4) is 0 Å². The van der Waals surface area contributed by atoms with E-state index >= 15 is 0 Å². The fourth-order valence-electron chi connectivity index (χ4n) is 1.08. The molecule has 1 aromatic rings. The van der Waals surface area contributed by atoms with Crippen molar-refractivity contribution in [3.05, 3.63) is 46.8 Å². The average Bonchev–Trinajstić information content (AvgIpc) is 2.28. The minimum absolute atomic E-state index is 0.219. The second kappa shape index (κ2) is 4.83. The van der Waals surface area contributed by atoms with E-state index in [0.717, 1.165) is 12.1 Å². The number of nitro benzene ring substituents is 1. The second-order valence-corrected chi connectivity index (χ2v) is 4.61. The van der Waals surface area contributed by atoms with Crippen LogP contribution in [-0.4, -0.2) is 20.5 Å². The number of sulfonamides is 1. The molecule has 0 bridgehead atoms. The number of ether oxygens (including phenoxy) is 1. The topological polar surface area (TPSA) is 98.5 Å². The Hall–Kier alpha value is -2.09. The standard InChI is InChI=1S/C9H10N2O5S/c1-7(16-2)10-17(14,15)9-6-4-3-5-8(9)11(12)13/h3-6,10H,1H2,2H3. The number of hydrogen-bond acceptors (Lipinski definition) is 5. The number of nitrogens with zero attached hydrogens (tertiary/aromatic N) is 1. The molecule has 0 atom stereocenters. The highest BCUT2D eigenvalue weighted by atomic mass is 32.2. The number of rotatable bonds is 5. The molecule has 0 heterocycles. The molecule has 0 fully saturated rings. The highest BCUT2D eigenvalue weighted by Gasteiger charge is 2.25. The van der Waals surface area contributed by atoms with Crippen molar-refractivity contribution >= 4 is 15.7 Å². The molecule has 1 N–H and O–H groups in total. The van der Waals surface area contributed by atoms with Gasteiger partial charge in [0, 0.05) is 6.07 Å².